The van der Waals surface area contributed by atoms with Crippen LogP contribution in [0.3, 0.4) is 0 Å². The molecule has 1 aromatic carbocycles. The van der Waals surface area contributed by atoms with Gasteiger partial charge in [-0.3, -0.25) is 4.79 Å². The second kappa shape index (κ2) is 6.46. The molecule has 0 bridgehead atoms. The van der Waals surface area contributed by atoms with Crippen LogP contribution in [0.1, 0.15) is 6.92 Å². The van der Waals surface area contributed by atoms with Crippen LogP contribution in [0, 0.1) is 0 Å². The number of anilines is 1. The molecule has 102 valence electrons. The zero-order chi connectivity index (χ0) is 13.1. The Balaban J connectivity index is 0.00000289. The molecule has 0 unspecified atom stereocenters. The van der Waals surface area contributed by atoms with Gasteiger partial charge >= 0.3 is 6.36 Å². The minimum absolute atomic E-state index is 0. The van der Waals surface area contributed by atoms with Crippen molar-refractivity contribution in [2.45, 2.75) is 19.3 Å². The number of nitrogens with one attached hydrogen (secondary N) is 1. The molecular weight excluding hydrogens is 273 g/mol. The lowest BCUT2D eigenvalue weighted by atomic mass is 10.2. The number of nitrogens with two attached hydrogens (primary N) is 1. The summed E-state index contributed by atoms with van der Waals surface area (Å²) in [5.41, 5.74) is 5.66. The number of benzene rings is 1. The number of amides is 1. The maximum atomic E-state index is 11.8. The van der Waals surface area contributed by atoms with Crippen LogP contribution in [0.5, 0.6) is 5.75 Å². The van der Waals surface area contributed by atoms with Crippen LogP contribution in [0.4, 0.5) is 18.9 Å². The predicted molar refractivity (Wildman–Crippen MR) is 62.7 cm³/mol. The van der Waals surface area contributed by atoms with Crippen LogP contribution >= 0.6 is 12.4 Å². The zero-order valence-electron chi connectivity index (χ0n) is 9.32. The fourth-order valence-corrected chi connectivity index (χ4v) is 0.996. The van der Waals surface area contributed by atoms with Crippen molar-refractivity contribution in [3.8, 4) is 5.75 Å². The molecule has 8 heteroatoms. The summed E-state index contributed by atoms with van der Waals surface area (Å²) in [5.74, 6) is -0.772. The maximum absolute atomic E-state index is 11.8. The second-order valence-electron chi connectivity index (χ2n) is 3.35. The van der Waals surface area contributed by atoms with Gasteiger partial charge in [0.2, 0.25) is 5.91 Å². The van der Waals surface area contributed by atoms with E-state index < -0.39 is 18.3 Å². The highest BCUT2D eigenvalue weighted by molar-refractivity contribution is 5.94. The number of hydrogen-bond acceptors (Lipinski definition) is 3. The van der Waals surface area contributed by atoms with E-state index in [1.54, 1.807) is 0 Å². The maximum Gasteiger partial charge on any atom is 0.573 e. The molecule has 0 spiro atoms. The Labute approximate surface area is 108 Å². The summed E-state index contributed by atoms with van der Waals surface area (Å²) in [4.78, 5) is 11.2. The molecule has 1 atom stereocenters. The number of halogens is 4. The molecule has 0 aromatic heterocycles. The minimum atomic E-state index is -4.73. The van der Waals surface area contributed by atoms with E-state index in [0.29, 0.717) is 5.69 Å². The second-order valence-corrected chi connectivity index (χ2v) is 3.35. The summed E-state index contributed by atoms with van der Waals surface area (Å²) >= 11 is 0. The molecule has 4 nitrogen and oxygen atoms in total. The summed E-state index contributed by atoms with van der Waals surface area (Å²) in [7, 11) is 0. The van der Waals surface area contributed by atoms with Gasteiger partial charge in [0.05, 0.1) is 6.04 Å². The van der Waals surface area contributed by atoms with Gasteiger partial charge < -0.3 is 15.8 Å². The third-order valence-corrected chi connectivity index (χ3v) is 1.77. The van der Waals surface area contributed by atoms with E-state index in [9.17, 15) is 18.0 Å². The van der Waals surface area contributed by atoms with Crippen molar-refractivity contribution in [2.75, 3.05) is 5.32 Å². The highest BCUT2D eigenvalue weighted by Gasteiger charge is 2.30. The Morgan fingerprint density at radius 3 is 2.22 bits per heavy atom. The number of carbonyl (C=O) groups is 1. The molecule has 0 radical (unpaired) electrons. The highest BCUT2D eigenvalue weighted by Crippen LogP contribution is 2.23. The average Bonchev–Trinajstić information content (AvgIpc) is 2.18. The predicted octanol–water partition coefficient (Wildman–Crippen LogP) is 2.29. The van der Waals surface area contributed by atoms with E-state index in [4.69, 9.17) is 5.73 Å². The highest BCUT2D eigenvalue weighted by atomic mass is 35.5. The van der Waals surface area contributed by atoms with Crippen molar-refractivity contribution >= 4 is 24.0 Å². The van der Waals surface area contributed by atoms with Gasteiger partial charge in [-0.25, -0.2) is 0 Å². The van der Waals surface area contributed by atoms with Gasteiger partial charge in [-0.2, -0.15) is 0 Å². The first-order valence-electron chi connectivity index (χ1n) is 4.70. The molecule has 1 amide bonds. The molecule has 18 heavy (non-hydrogen) atoms. The van der Waals surface area contributed by atoms with Crippen LogP contribution < -0.4 is 15.8 Å². The first-order chi connectivity index (χ1) is 7.78. The van der Waals surface area contributed by atoms with E-state index in [0.717, 1.165) is 12.1 Å². The first kappa shape index (κ1) is 16.5. The van der Waals surface area contributed by atoms with Gasteiger partial charge in [-0.15, -0.1) is 25.6 Å². The summed E-state index contributed by atoms with van der Waals surface area (Å²) in [6, 6.07) is 4.10. The third-order valence-electron chi connectivity index (χ3n) is 1.77. The molecular formula is C10H12ClF3N2O2. The molecule has 0 saturated carbocycles. The fourth-order valence-electron chi connectivity index (χ4n) is 0.996. The monoisotopic (exact) mass is 284 g/mol. The van der Waals surface area contributed by atoms with Gasteiger partial charge in [0, 0.05) is 5.69 Å². The van der Waals surface area contributed by atoms with Crippen LogP contribution in [0.2, 0.25) is 0 Å². The van der Waals surface area contributed by atoms with Gasteiger partial charge in [-0.1, -0.05) is 0 Å². The van der Waals surface area contributed by atoms with E-state index in [1.807, 2.05) is 0 Å². The van der Waals surface area contributed by atoms with Gasteiger partial charge in [0.25, 0.3) is 0 Å². The Morgan fingerprint density at radius 1 is 1.33 bits per heavy atom. The number of rotatable bonds is 3. The number of hydrogen-bond donors (Lipinski definition) is 2. The quantitative estimate of drug-likeness (QED) is 0.895. The Kier molecular flexibility index (Phi) is 5.93. The van der Waals surface area contributed by atoms with Gasteiger partial charge in [0.15, 0.2) is 0 Å². The van der Waals surface area contributed by atoms with Crippen LogP contribution in [-0.2, 0) is 4.79 Å². The van der Waals surface area contributed by atoms with E-state index in [1.165, 1.54) is 19.1 Å². The van der Waals surface area contributed by atoms with Crippen LogP contribution in [0.25, 0.3) is 0 Å². The first-order valence-corrected chi connectivity index (χ1v) is 4.70. The standard InChI is InChI=1S/C10H11F3N2O2.ClH/c1-6(14)9(16)15-7-2-4-8(5-3-7)17-10(11,12)13;/h2-6H,14H2,1H3,(H,15,16);1H/t6-;/m0./s1. The van der Waals surface area contributed by atoms with E-state index >= 15 is 0 Å². The van der Waals surface area contributed by atoms with Crippen molar-refractivity contribution in [2.24, 2.45) is 5.73 Å². The summed E-state index contributed by atoms with van der Waals surface area (Å²) in [6.07, 6.45) is -4.73. The Morgan fingerprint density at radius 2 is 1.83 bits per heavy atom. The molecule has 3 N–H and O–H groups in total. The van der Waals surface area contributed by atoms with Crippen molar-refractivity contribution in [1.29, 1.82) is 0 Å². The average molecular weight is 285 g/mol. The summed E-state index contributed by atoms with van der Waals surface area (Å²) < 4.78 is 39.2. The molecule has 0 aliphatic heterocycles. The molecule has 0 saturated heterocycles. The fraction of sp³-hybridized carbons (Fsp3) is 0.300. The number of alkyl halides is 3. The van der Waals surface area contributed by atoms with Crippen molar-refractivity contribution in [1.82, 2.24) is 0 Å². The molecule has 1 rings (SSSR count). The summed E-state index contributed by atoms with van der Waals surface area (Å²) in [5, 5.41) is 2.43. The molecule has 0 aliphatic rings. The lowest BCUT2D eigenvalue weighted by Crippen LogP contribution is -2.32. The smallest absolute Gasteiger partial charge is 0.406 e. The lowest BCUT2D eigenvalue weighted by Gasteiger charge is -2.10. The van der Waals surface area contributed by atoms with Gasteiger partial charge in [0.1, 0.15) is 5.75 Å². The van der Waals surface area contributed by atoms with Crippen molar-refractivity contribution < 1.29 is 22.7 Å². The normalized spacial score (nSPS) is 12.3. The topological polar surface area (TPSA) is 64.4 Å². The lowest BCUT2D eigenvalue weighted by molar-refractivity contribution is -0.274. The van der Waals surface area contributed by atoms with Crippen molar-refractivity contribution in [3.63, 3.8) is 0 Å². The SMILES string of the molecule is C[C@H](N)C(=O)Nc1ccc(OC(F)(F)F)cc1.Cl. The number of carbonyl (C=O) groups excluding carboxylic acids is 1. The van der Waals surface area contributed by atoms with Crippen LogP contribution in [0.15, 0.2) is 24.3 Å². The Hall–Kier alpha value is -1.47. The van der Waals surface area contributed by atoms with Crippen molar-refractivity contribution in [3.05, 3.63) is 24.3 Å². The Bertz CT molecular complexity index is 393. The minimum Gasteiger partial charge on any atom is -0.406 e. The van der Waals surface area contributed by atoms with E-state index in [-0.39, 0.29) is 18.2 Å². The molecule has 0 fully saturated rings. The molecule has 0 aliphatic carbocycles. The van der Waals surface area contributed by atoms with Gasteiger partial charge in [-0.05, 0) is 31.2 Å². The molecule has 1 aromatic rings. The summed E-state index contributed by atoms with van der Waals surface area (Å²) in [6.45, 7) is 1.50. The number of ether oxygens (including phenoxy) is 1. The third kappa shape index (κ3) is 5.74. The van der Waals surface area contributed by atoms with Crippen LogP contribution in [-0.4, -0.2) is 18.3 Å². The van der Waals surface area contributed by atoms with E-state index in [2.05, 4.69) is 10.1 Å². The largest absolute Gasteiger partial charge is 0.573 e. The zero-order valence-corrected chi connectivity index (χ0v) is 10.1. The molecule has 0 heterocycles.